The van der Waals surface area contributed by atoms with E-state index < -0.39 is 18.5 Å². The lowest BCUT2D eigenvalue weighted by atomic mass is 10.2. The molecule has 0 unspecified atom stereocenters. The van der Waals surface area contributed by atoms with Crippen molar-refractivity contribution >= 4 is 41.3 Å². The molecule has 27 heavy (non-hydrogen) atoms. The van der Waals surface area contributed by atoms with Gasteiger partial charge in [-0.2, -0.15) is 5.10 Å². The molecule has 0 saturated heterocycles. The smallest absolute Gasteiger partial charge is 0.341 e. The first-order chi connectivity index (χ1) is 12.9. The predicted molar refractivity (Wildman–Crippen MR) is 102 cm³/mol. The first-order valence-electron chi connectivity index (χ1n) is 7.80. The van der Waals surface area contributed by atoms with Crippen LogP contribution >= 0.6 is 23.2 Å². The molecule has 9 heteroatoms. The van der Waals surface area contributed by atoms with E-state index in [0.717, 1.165) is 0 Å². The Morgan fingerprint density at radius 2 is 1.89 bits per heavy atom. The van der Waals surface area contributed by atoms with Gasteiger partial charge in [-0.3, -0.25) is 4.79 Å². The first kappa shape index (κ1) is 20.5. The van der Waals surface area contributed by atoms with Crippen LogP contribution in [0.1, 0.15) is 22.8 Å². The quantitative estimate of drug-likeness (QED) is 0.511. The molecule has 0 radical (unpaired) electrons. The minimum absolute atomic E-state index is 0.128. The third-order valence-corrected chi connectivity index (χ3v) is 3.69. The molecular weight excluding hydrogens is 395 g/mol. The van der Waals surface area contributed by atoms with E-state index in [1.54, 1.807) is 37.3 Å². The van der Waals surface area contributed by atoms with Crippen LogP contribution in [0.4, 0.5) is 0 Å². The maximum absolute atomic E-state index is 12.0. The van der Waals surface area contributed by atoms with Crippen molar-refractivity contribution < 1.29 is 24.2 Å². The second-order valence-electron chi connectivity index (χ2n) is 5.15. The molecule has 2 aromatic carbocycles. The molecule has 0 aliphatic rings. The summed E-state index contributed by atoms with van der Waals surface area (Å²) >= 11 is 11.9. The van der Waals surface area contributed by atoms with E-state index in [-0.39, 0.29) is 16.5 Å². The molecule has 0 fully saturated rings. The molecule has 0 spiro atoms. The summed E-state index contributed by atoms with van der Waals surface area (Å²) in [6.45, 7) is 1.54. The molecule has 0 bridgehead atoms. The predicted octanol–water partition coefficient (Wildman–Crippen LogP) is 3.62. The number of halogens is 2. The Kier molecular flexibility index (Phi) is 7.45. The number of ether oxygens (including phenoxy) is 2. The fraction of sp³-hybridized carbons (Fsp3) is 0.167. The standard InChI is InChI=1S/C18H16Cl2N2O5/c1-2-26-15-8-11(7-14(20)17(15)27-10-16(23)24)9-21-22-18(25)12-3-5-13(19)6-4-12/h3-9H,2,10H2,1H3,(H,22,25)(H,23,24)/b21-9-. The van der Waals surface area contributed by atoms with Crippen LogP contribution in [0.2, 0.25) is 10.0 Å². The summed E-state index contributed by atoms with van der Waals surface area (Å²) in [6.07, 6.45) is 1.38. The van der Waals surface area contributed by atoms with Crippen LogP contribution in [-0.2, 0) is 4.79 Å². The molecule has 2 N–H and O–H groups in total. The van der Waals surface area contributed by atoms with Gasteiger partial charge in [0, 0.05) is 10.6 Å². The lowest BCUT2D eigenvalue weighted by Gasteiger charge is -2.13. The Balaban J connectivity index is 2.12. The average molecular weight is 411 g/mol. The highest BCUT2D eigenvalue weighted by Crippen LogP contribution is 2.36. The maximum Gasteiger partial charge on any atom is 0.341 e. The van der Waals surface area contributed by atoms with Crippen LogP contribution in [0.15, 0.2) is 41.5 Å². The normalized spacial score (nSPS) is 10.6. The number of nitrogens with one attached hydrogen (secondary N) is 1. The van der Waals surface area contributed by atoms with E-state index in [4.69, 9.17) is 37.8 Å². The zero-order valence-corrected chi connectivity index (χ0v) is 15.8. The van der Waals surface area contributed by atoms with Crippen LogP contribution < -0.4 is 14.9 Å². The van der Waals surface area contributed by atoms with Gasteiger partial charge in [-0.25, -0.2) is 10.2 Å². The van der Waals surface area contributed by atoms with E-state index in [9.17, 15) is 9.59 Å². The Bertz CT molecular complexity index is 854. The highest BCUT2D eigenvalue weighted by atomic mass is 35.5. The monoisotopic (exact) mass is 410 g/mol. The van der Waals surface area contributed by atoms with Crippen molar-refractivity contribution in [2.45, 2.75) is 6.92 Å². The van der Waals surface area contributed by atoms with Crippen molar-refractivity contribution in [2.75, 3.05) is 13.2 Å². The lowest BCUT2D eigenvalue weighted by molar-refractivity contribution is -0.139. The highest BCUT2D eigenvalue weighted by molar-refractivity contribution is 6.32. The molecule has 0 saturated carbocycles. The number of carbonyl (C=O) groups is 2. The van der Waals surface area contributed by atoms with Crippen LogP contribution in [0.3, 0.4) is 0 Å². The minimum atomic E-state index is -1.14. The van der Waals surface area contributed by atoms with E-state index in [1.165, 1.54) is 12.3 Å². The largest absolute Gasteiger partial charge is 0.490 e. The Morgan fingerprint density at radius 1 is 1.19 bits per heavy atom. The van der Waals surface area contributed by atoms with Crippen molar-refractivity contribution in [3.8, 4) is 11.5 Å². The summed E-state index contributed by atoms with van der Waals surface area (Å²) in [4.78, 5) is 22.7. The number of hydrogen-bond acceptors (Lipinski definition) is 5. The second kappa shape index (κ2) is 9.80. The number of carboxylic acid groups (broad SMARTS) is 1. The molecule has 0 aromatic heterocycles. The molecule has 2 rings (SSSR count). The minimum Gasteiger partial charge on any atom is -0.490 e. The van der Waals surface area contributed by atoms with Crippen LogP contribution in [0.25, 0.3) is 0 Å². The first-order valence-corrected chi connectivity index (χ1v) is 8.56. The maximum atomic E-state index is 12.0. The molecule has 2 aromatic rings. The Labute approximate surface area is 165 Å². The number of amides is 1. The number of hydrogen-bond donors (Lipinski definition) is 2. The summed E-state index contributed by atoms with van der Waals surface area (Å²) in [5.41, 5.74) is 3.32. The van der Waals surface area contributed by atoms with Gasteiger partial charge in [0.15, 0.2) is 18.1 Å². The molecule has 0 atom stereocenters. The zero-order chi connectivity index (χ0) is 19.8. The van der Waals surface area contributed by atoms with Gasteiger partial charge in [0.05, 0.1) is 17.8 Å². The van der Waals surface area contributed by atoms with Crippen LogP contribution in [-0.4, -0.2) is 36.4 Å². The van der Waals surface area contributed by atoms with Gasteiger partial charge in [0.1, 0.15) is 0 Å². The van der Waals surface area contributed by atoms with Crippen LogP contribution in [0.5, 0.6) is 11.5 Å². The van der Waals surface area contributed by atoms with E-state index in [0.29, 0.717) is 22.8 Å². The zero-order valence-electron chi connectivity index (χ0n) is 14.2. The summed E-state index contributed by atoms with van der Waals surface area (Å²) in [7, 11) is 0. The summed E-state index contributed by atoms with van der Waals surface area (Å²) < 4.78 is 10.6. The molecule has 7 nitrogen and oxygen atoms in total. The third kappa shape index (κ3) is 6.16. The molecule has 0 heterocycles. The summed E-state index contributed by atoms with van der Waals surface area (Å²) in [6, 6.07) is 9.44. The number of nitrogens with zero attached hydrogens (tertiary/aromatic N) is 1. The van der Waals surface area contributed by atoms with E-state index in [2.05, 4.69) is 10.5 Å². The van der Waals surface area contributed by atoms with Gasteiger partial charge in [-0.05, 0) is 48.9 Å². The van der Waals surface area contributed by atoms with Crippen molar-refractivity contribution in [1.29, 1.82) is 0 Å². The van der Waals surface area contributed by atoms with Crippen LogP contribution in [0, 0.1) is 0 Å². The Hall–Kier alpha value is -2.77. The third-order valence-electron chi connectivity index (χ3n) is 3.16. The lowest BCUT2D eigenvalue weighted by Crippen LogP contribution is -2.17. The van der Waals surface area contributed by atoms with E-state index in [1.807, 2.05) is 0 Å². The number of carboxylic acids is 1. The molecule has 1 amide bonds. The van der Waals surface area contributed by atoms with E-state index >= 15 is 0 Å². The van der Waals surface area contributed by atoms with Gasteiger partial charge in [0.25, 0.3) is 5.91 Å². The number of hydrazone groups is 1. The van der Waals surface area contributed by atoms with Crippen molar-refractivity contribution in [1.82, 2.24) is 5.43 Å². The molecule has 142 valence electrons. The number of carbonyl (C=O) groups excluding carboxylic acids is 1. The fourth-order valence-electron chi connectivity index (χ4n) is 2.03. The molecule has 0 aliphatic carbocycles. The average Bonchev–Trinajstić information content (AvgIpc) is 2.61. The second-order valence-corrected chi connectivity index (χ2v) is 6.00. The summed E-state index contributed by atoms with van der Waals surface area (Å²) in [5.74, 6) is -1.13. The van der Waals surface area contributed by atoms with Gasteiger partial charge in [0.2, 0.25) is 0 Å². The fourth-order valence-corrected chi connectivity index (χ4v) is 2.43. The highest BCUT2D eigenvalue weighted by Gasteiger charge is 2.13. The topological polar surface area (TPSA) is 97.2 Å². The van der Waals surface area contributed by atoms with Gasteiger partial charge < -0.3 is 14.6 Å². The number of aliphatic carboxylic acids is 1. The van der Waals surface area contributed by atoms with Crippen molar-refractivity contribution in [3.63, 3.8) is 0 Å². The van der Waals surface area contributed by atoms with Crippen molar-refractivity contribution in [3.05, 3.63) is 57.6 Å². The van der Waals surface area contributed by atoms with Crippen molar-refractivity contribution in [2.24, 2.45) is 5.10 Å². The SMILES string of the molecule is CCOc1cc(/C=N\NC(=O)c2ccc(Cl)cc2)cc(Cl)c1OCC(=O)O. The number of rotatable bonds is 8. The summed E-state index contributed by atoms with van der Waals surface area (Å²) in [5, 5.41) is 13.3. The number of benzene rings is 2. The molecular formula is C18H16Cl2N2O5. The Morgan fingerprint density at radius 3 is 2.52 bits per heavy atom. The van der Waals surface area contributed by atoms with Gasteiger partial charge in [-0.15, -0.1) is 0 Å². The van der Waals surface area contributed by atoms with Gasteiger partial charge >= 0.3 is 5.97 Å². The molecule has 0 aliphatic heterocycles. The van der Waals surface area contributed by atoms with Gasteiger partial charge in [-0.1, -0.05) is 23.2 Å².